The molecule has 0 bridgehead atoms. The normalized spacial score (nSPS) is 10.5. The Hall–Kier alpha value is -2.33. The van der Waals surface area contributed by atoms with Crippen molar-refractivity contribution in [2.24, 2.45) is 0 Å². The Labute approximate surface area is 166 Å². The van der Waals surface area contributed by atoms with Crippen LogP contribution in [0.2, 0.25) is 5.02 Å². The summed E-state index contributed by atoms with van der Waals surface area (Å²) >= 11 is 6.01. The van der Waals surface area contributed by atoms with Gasteiger partial charge in [0, 0.05) is 44.5 Å². The van der Waals surface area contributed by atoms with Gasteiger partial charge < -0.3 is 9.80 Å². The molecule has 0 radical (unpaired) electrons. The van der Waals surface area contributed by atoms with E-state index in [0.29, 0.717) is 37.6 Å². The fourth-order valence-electron chi connectivity index (χ4n) is 2.95. The molecule has 0 saturated heterocycles. The molecular formula is C22H27ClN2O2. The van der Waals surface area contributed by atoms with Crippen molar-refractivity contribution in [3.63, 3.8) is 0 Å². The lowest BCUT2D eigenvalue weighted by atomic mass is 10.1. The molecule has 2 amide bonds. The van der Waals surface area contributed by atoms with Crippen molar-refractivity contribution >= 4 is 23.4 Å². The quantitative estimate of drug-likeness (QED) is 0.649. The first-order valence-electron chi connectivity index (χ1n) is 9.31. The lowest BCUT2D eigenvalue weighted by molar-refractivity contribution is -0.133. The molecule has 0 spiro atoms. The van der Waals surface area contributed by atoms with Gasteiger partial charge in [-0.15, -0.1) is 0 Å². The number of rotatable bonds is 9. The number of halogens is 1. The third-order valence-electron chi connectivity index (χ3n) is 4.55. The second-order valence-corrected chi connectivity index (χ2v) is 6.97. The van der Waals surface area contributed by atoms with E-state index in [9.17, 15) is 9.59 Å². The van der Waals surface area contributed by atoms with E-state index in [1.807, 2.05) is 66.4 Å². The van der Waals surface area contributed by atoms with E-state index in [1.165, 1.54) is 0 Å². The summed E-state index contributed by atoms with van der Waals surface area (Å²) < 4.78 is 0. The van der Waals surface area contributed by atoms with E-state index in [1.54, 1.807) is 11.8 Å². The highest BCUT2D eigenvalue weighted by atomic mass is 35.5. The van der Waals surface area contributed by atoms with E-state index in [2.05, 4.69) is 0 Å². The van der Waals surface area contributed by atoms with Gasteiger partial charge in [0.25, 0.3) is 0 Å². The van der Waals surface area contributed by atoms with Gasteiger partial charge in [0.05, 0.1) is 0 Å². The Morgan fingerprint density at radius 1 is 0.926 bits per heavy atom. The summed E-state index contributed by atoms with van der Waals surface area (Å²) in [5, 5.41) is 0.691. The highest BCUT2D eigenvalue weighted by Crippen LogP contribution is 2.12. The van der Waals surface area contributed by atoms with Crippen LogP contribution in [-0.4, -0.2) is 41.2 Å². The van der Waals surface area contributed by atoms with Gasteiger partial charge in [0.15, 0.2) is 0 Å². The zero-order valence-corrected chi connectivity index (χ0v) is 16.8. The Kier molecular flexibility index (Phi) is 8.34. The molecule has 2 rings (SSSR count). The number of benzene rings is 2. The summed E-state index contributed by atoms with van der Waals surface area (Å²) in [6, 6.07) is 17.6. The average Bonchev–Trinajstić information content (AvgIpc) is 2.66. The van der Waals surface area contributed by atoms with Crippen LogP contribution >= 0.6 is 11.6 Å². The van der Waals surface area contributed by atoms with Crippen LogP contribution in [0.3, 0.4) is 0 Å². The minimum Gasteiger partial charge on any atom is -0.342 e. The monoisotopic (exact) mass is 386 g/mol. The molecule has 0 fully saturated rings. The van der Waals surface area contributed by atoms with Gasteiger partial charge in [-0.1, -0.05) is 54.1 Å². The molecule has 0 heterocycles. The van der Waals surface area contributed by atoms with Crippen molar-refractivity contribution in [2.75, 3.05) is 19.6 Å². The van der Waals surface area contributed by atoms with Crippen LogP contribution in [0.4, 0.5) is 0 Å². The first-order chi connectivity index (χ1) is 13.0. The van der Waals surface area contributed by atoms with Crippen molar-refractivity contribution in [1.82, 2.24) is 9.80 Å². The highest BCUT2D eigenvalue weighted by Gasteiger charge is 2.16. The maximum absolute atomic E-state index is 12.6. The van der Waals surface area contributed by atoms with Gasteiger partial charge in [-0.05, 0) is 36.6 Å². The molecule has 0 unspecified atom stereocenters. The van der Waals surface area contributed by atoms with Gasteiger partial charge >= 0.3 is 0 Å². The predicted molar refractivity (Wildman–Crippen MR) is 110 cm³/mol. The van der Waals surface area contributed by atoms with Crippen LogP contribution in [-0.2, 0) is 22.6 Å². The molecule has 4 nitrogen and oxygen atoms in total. The lowest BCUT2D eigenvalue weighted by Gasteiger charge is -2.25. The Morgan fingerprint density at radius 2 is 1.63 bits per heavy atom. The zero-order chi connectivity index (χ0) is 19.6. The Morgan fingerprint density at radius 3 is 2.26 bits per heavy atom. The summed E-state index contributed by atoms with van der Waals surface area (Å²) in [6.45, 7) is 5.77. The van der Waals surface area contributed by atoms with Gasteiger partial charge in [0.1, 0.15) is 0 Å². The number of nitrogens with zero attached hydrogens (tertiary/aromatic N) is 2. The number of amides is 2. The number of carbonyl (C=O) groups excluding carboxylic acids is 2. The third kappa shape index (κ3) is 7.06. The largest absolute Gasteiger partial charge is 0.342 e. The molecular weight excluding hydrogens is 360 g/mol. The molecule has 0 saturated carbocycles. The highest BCUT2D eigenvalue weighted by molar-refractivity contribution is 6.30. The maximum atomic E-state index is 12.6. The van der Waals surface area contributed by atoms with E-state index >= 15 is 0 Å². The van der Waals surface area contributed by atoms with Crippen molar-refractivity contribution in [3.05, 3.63) is 70.7 Å². The van der Waals surface area contributed by atoms with Crippen molar-refractivity contribution in [1.29, 1.82) is 0 Å². The maximum Gasteiger partial charge on any atom is 0.224 e. The van der Waals surface area contributed by atoms with Gasteiger partial charge in [-0.3, -0.25) is 9.59 Å². The Balaban J connectivity index is 1.87. The van der Waals surface area contributed by atoms with E-state index < -0.39 is 0 Å². The molecule has 5 heteroatoms. The number of hydrogen-bond donors (Lipinski definition) is 0. The summed E-state index contributed by atoms with van der Waals surface area (Å²) in [6.07, 6.45) is 1.05. The van der Waals surface area contributed by atoms with Crippen LogP contribution in [0.25, 0.3) is 0 Å². The molecule has 0 aliphatic carbocycles. The van der Waals surface area contributed by atoms with E-state index in [-0.39, 0.29) is 11.8 Å². The van der Waals surface area contributed by atoms with Crippen molar-refractivity contribution < 1.29 is 9.59 Å². The van der Waals surface area contributed by atoms with E-state index in [4.69, 9.17) is 11.6 Å². The van der Waals surface area contributed by atoms with Crippen molar-refractivity contribution in [2.45, 2.75) is 33.2 Å². The van der Waals surface area contributed by atoms with Crippen LogP contribution in [0.5, 0.6) is 0 Å². The molecule has 0 aliphatic rings. The molecule has 0 N–H and O–H groups in total. The van der Waals surface area contributed by atoms with Gasteiger partial charge in [-0.2, -0.15) is 0 Å². The molecule has 0 aliphatic heterocycles. The van der Waals surface area contributed by atoms with Crippen LogP contribution in [0.15, 0.2) is 54.6 Å². The zero-order valence-electron chi connectivity index (χ0n) is 16.0. The van der Waals surface area contributed by atoms with Crippen LogP contribution in [0, 0.1) is 0 Å². The Bertz CT molecular complexity index is 749. The average molecular weight is 387 g/mol. The topological polar surface area (TPSA) is 40.6 Å². The first kappa shape index (κ1) is 21.0. The fraction of sp³-hybridized carbons (Fsp3) is 0.364. The molecule has 144 valence electrons. The number of hydrogen-bond acceptors (Lipinski definition) is 2. The van der Waals surface area contributed by atoms with E-state index in [0.717, 1.165) is 17.5 Å². The standard InChI is InChI=1S/C22H27ClN2O2/c1-3-24(17-20-8-5-4-6-9-20)22(27)13-15-25(18(2)26)14-12-19-10-7-11-21(23)16-19/h4-11,16H,3,12-15,17H2,1-2H3. The smallest absolute Gasteiger partial charge is 0.224 e. The minimum atomic E-state index is -0.0177. The second kappa shape index (κ2) is 10.7. The summed E-state index contributed by atoms with van der Waals surface area (Å²) in [7, 11) is 0. The molecule has 2 aromatic rings. The third-order valence-corrected chi connectivity index (χ3v) is 4.79. The molecule has 0 atom stereocenters. The summed E-state index contributed by atoms with van der Waals surface area (Å²) in [5.41, 5.74) is 2.19. The van der Waals surface area contributed by atoms with Crippen molar-refractivity contribution in [3.8, 4) is 0 Å². The minimum absolute atomic E-state index is 0.0177. The first-order valence-corrected chi connectivity index (χ1v) is 9.69. The van der Waals surface area contributed by atoms with Crippen LogP contribution in [0.1, 0.15) is 31.4 Å². The second-order valence-electron chi connectivity index (χ2n) is 6.53. The molecule has 2 aromatic carbocycles. The molecule has 27 heavy (non-hydrogen) atoms. The fourth-order valence-corrected chi connectivity index (χ4v) is 3.16. The molecule has 0 aromatic heterocycles. The lowest BCUT2D eigenvalue weighted by Crippen LogP contribution is -2.37. The van der Waals surface area contributed by atoms with Crippen LogP contribution < -0.4 is 0 Å². The SMILES string of the molecule is CCN(Cc1ccccc1)C(=O)CCN(CCc1cccc(Cl)c1)C(C)=O. The summed E-state index contributed by atoms with van der Waals surface area (Å²) in [5.74, 6) is 0.0475. The summed E-state index contributed by atoms with van der Waals surface area (Å²) in [4.78, 5) is 28.1. The van der Waals surface area contributed by atoms with Gasteiger partial charge in [-0.25, -0.2) is 0 Å². The van der Waals surface area contributed by atoms with Gasteiger partial charge in [0.2, 0.25) is 11.8 Å². The number of carbonyl (C=O) groups is 2. The predicted octanol–water partition coefficient (Wildman–Crippen LogP) is 4.17.